The number of esters is 1. The summed E-state index contributed by atoms with van der Waals surface area (Å²) in [5, 5.41) is 9.16. The predicted octanol–water partition coefficient (Wildman–Crippen LogP) is -0.760. The molecule has 90 valence electrons. The third-order valence-corrected chi connectivity index (χ3v) is 3.07. The minimum absolute atomic E-state index is 0.119. The minimum atomic E-state index is -3.63. The molecule has 7 heteroatoms. The number of aliphatic hydroxyl groups excluding tert-OH is 1. The van der Waals surface area contributed by atoms with Crippen molar-refractivity contribution in [3.8, 4) is 0 Å². The molecule has 0 radical (unpaired) electrons. The second-order valence-electron chi connectivity index (χ2n) is 3.08. The van der Waals surface area contributed by atoms with E-state index in [0.717, 1.165) is 7.11 Å². The summed E-state index contributed by atoms with van der Waals surface area (Å²) < 4.78 is 28.8. The van der Waals surface area contributed by atoms with E-state index in [2.05, 4.69) is 9.46 Å². The highest BCUT2D eigenvalue weighted by molar-refractivity contribution is 7.90. The van der Waals surface area contributed by atoms with Crippen molar-refractivity contribution < 1.29 is 23.1 Å². The predicted molar refractivity (Wildman–Crippen MR) is 54.7 cm³/mol. The van der Waals surface area contributed by atoms with E-state index in [1.165, 1.54) is 0 Å². The molecule has 15 heavy (non-hydrogen) atoms. The van der Waals surface area contributed by atoms with Crippen LogP contribution in [-0.2, 0) is 19.6 Å². The summed E-state index contributed by atoms with van der Waals surface area (Å²) in [4.78, 5) is 10.7. The number of methoxy groups -OCH3 is 1. The van der Waals surface area contributed by atoms with E-state index in [9.17, 15) is 13.2 Å². The molecule has 0 heterocycles. The fourth-order valence-electron chi connectivity index (χ4n) is 0.850. The summed E-state index contributed by atoms with van der Waals surface area (Å²) in [7, 11) is -2.51. The van der Waals surface area contributed by atoms with Crippen LogP contribution in [0.5, 0.6) is 0 Å². The van der Waals surface area contributed by atoms with Gasteiger partial charge in [-0.25, -0.2) is 13.1 Å². The van der Waals surface area contributed by atoms with Crippen molar-refractivity contribution in [1.82, 2.24) is 4.72 Å². The highest BCUT2D eigenvalue weighted by Crippen LogP contribution is 1.95. The lowest BCUT2D eigenvalue weighted by atomic mass is 10.2. The molecule has 0 aliphatic rings. The number of hydrogen-bond donors (Lipinski definition) is 2. The number of hydrogen-bond acceptors (Lipinski definition) is 5. The van der Waals surface area contributed by atoms with Crippen molar-refractivity contribution in [3.63, 3.8) is 0 Å². The number of ether oxygens (including phenoxy) is 1. The summed E-state index contributed by atoms with van der Waals surface area (Å²) in [6.07, 6.45) is 0.376. The first kappa shape index (κ1) is 14.3. The summed E-state index contributed by atoms with van der Waals surface area (Å²) in [6.45, 7) is 1.92. The van der Waals surface area contributed by atoms with Crippen molar-refractivity contribution >= 4 is 16.0 Å². The zero-order valence-corrected chi connectivity index (χ0v) is 9.71. The molecule has 0 aromatic heterocycles. The number of sulfonamides is 1. The lowest BCUT2D eigenvalue weighted by molar-refractivity contribution is -0.137. The lowest BCUT2D eigenvalue weighted by Crippen LogP contribution is -2.32. The number of aliphatic hydroxyl groups is 1. The monoisotopic (exact) mass is 239 g/mol. The van der Waals surface area contributed by atoms with Gasteiger partial charge in [0.25, 0.3) is 0 Å². The molecule has 0 saturated heterocycles. The zero-order valence-electron chi connectivity index (χ0n) is 8.89. The molecule has 0 fully saturated rings. The Balaban J connectivity index is 3.90. The molecule has 0 aliphatic heterocycles. The van der Waals surface area contributed by atoms with Crippen LogP contribution in [0.3, 0.4) is 0 Å². The minimum Gasteiger partial charge on any atom is -0.468 e. The van der Waals surface area contributed by atoms with Gasteiger partial charge in [0.2, 0.25) is 10.0 Å². The molecule has 0 rings (SSSR count). The molecular weight excluding hydrogens is 222 g/mol. The molecule has 1 unspecified atom stereocenters. The Bertz CT molecular complexity index is 287. The van der Waals surface area contributed by atoms with E-state index in [4.69, 9.17) is 5.11 Å². The molecule has 1 atom stereocenters. The van der Waals surface area contributed by atoms with E-state index in [0.29, 0.717) is 12.8 Å². The highest BCUT2D eigenvalue weighted by atomic mass is 32.2. The van der Waals surface area contributed by atoms with Crippen LogP contribution in [0.4, 0.5) is 0 Å². The van der Waals surface area contributed by atoms with Crippen LogP contribution in [0.1, 0.15) is 19.8 Å². The molecule has 0 saturated carbocycles. The van der Waals surface area contributed by atoms with Crippen LogP contribution in [0, 0.1) is 0 Å². The Morgan fingerprint density at radius 1 is 1.53 bits per heavy atom. The van der Waals surface area contributed by atoms with Crippen molar-refractivity contribution in [2.75, 3.05) is 19.4 Å². The van der Waals surface area contributed by atoms with E-state index in [1.54, 1.807) is 6.92 Å². The van der Waals surface area contributed by atoms with Gasteiger partial charge >= 0.3 is 5.97 Å². The van der Waals surface area contributed by atoms with Gasteiger partial charge in [-0.05, 0) is 12.8 Å². The average Bonchev–Trinajstić information content (AvgIpc) is 2.16. The topological polar surface area (TPSA) is 92.7 Å². The van der Waals surface area contributed by atoms with Crippen molar-refractivity contribution in [3.05, 3.63) is 0 Å². The molecule has 0 bridgehead atoms. The molecule has 0 aromatic rings. The summed E-state index contributed by atoms with van der Waals surface area (Å²) in [5.41, 5.74) is 0. The number of carbonyl (C=O) groups is 1. The van der Waals surface area contributed by atoms with Crippen LogP contribution in [0.15, 0.2) is 0 Å². The van der Waals surface area contributed by atoms with Crippen LogP contribution < -0.4 is 4.72 Å². The Morgan fingerprint density at radius 3 is 2.60 bits per heavy atom. The second kappa shape index (κ2) is 6.76. The van der Waals surface area contributed by atoms with Gasteiger partial charge in [0.15, 0.2) is 5.75 Å². The smallest absolute Gasteiger partial charge is 0.322 e. The maximum atomic E-state index is 11.2. The fourth-order valence-corrected chi connectivity index (χ4v) is 1.81. The van der Waals surface area contributed by atoms with Crippen LogP contribution >= 0.6 is 0 Å². The normalized spacial score (nSPS) is 13.5. The Labute approximate surface area is 89.7 Å². The number of rotatable bonds is 7. The second-order valence-corrected chi connectivity index (χ2v) is 4.89. The molecular formula is C8H17NO5S. The van der Waals surface area contributed by atoms with E-state index < -0.39 is 27.8 Å². The molecule has 0 amide bonds. The van der Waals surface area contributed by atoms with Gasteiger partial charge < -0.3 is 9.84 Å². The first-order chi connectivity index (χ1) is 6.91. The largest absolute Gasteiger partial charge is 0.468 e. The molecule has 0 aliphatic carbocycles. The Hall–Kier alpha value is -0.660. The zero-order chi connectivity index (χ0) is 11.9. The number of nitrogens with one attached hydrogen (secondary N) is 1. The van der Waals surface area contributed by atoms with Crippen LogP contribution in [-0.4, -0.2) is 45.0 Å². The van der Waals surface area contributed by atoms with Crippen LogP contribution in [0.2, 0.25) is 0 Å². The van der Waals surface area contributed by atoms with Crippen molar-refractivity contribution in [2.45, 2.75) is 25.9 Å². The van der Waals surface area contributed by atoms with E-state index in [1.807, 2.05) is 0 Å². The molecule has 0 aromatic carbocycles. The SMILES string of the molecule is CCC(O)CCNS(=O)(=O)CC(=O)OC. The first-order valence-corrected chi connectivity index (χ1v) is 6.28. The summed E-state index contributed by atoms with van der Waals surface area (Å²) in [5.74, 6) is -1.50. The number of carbonyl (C=O) groups excluding carboxylic acids is 1. The third-order valence-electron chi connectivity index (χ3n) is 1.81. The Kier molecular flexibility index (Phi) is 6.46. The van der Waals surface area contributed by atoms with E-state index >= 15 is 0 Å². The van der Waals surface area contributed by atoms with Gasteiger partial charge in [0.1, 0.15) is 0 Å². The Morgan fingerprint density at radius 2 is 2.13 bits per heavy atom. The molecule has 0 spiro atoms. The molecule has 2 N–H and O–H groups in total. The highest BCUT2D eigenvalue weighted by Gasteiger charge is 2.16. The van der Waals surface area contributed by atoms with Gasteiger partial charge in [0.05, 0.1) is 13.2 Å². The standard InChI is InChI=1S/C8H17NO5S/c1-3-7(10)4-5-9-15(12,13)6-8(11)14-2/h7,9-10H,3-6H2,1-2H3. The summed E-state index contributed by atoms with van der Waals surface area (Å²) in [6, 6.07) is 0. The summed E-state index contributed by atoms with van der Waals surface area (Å²) >= 11 is 0. The van der Waals surface area contributed by atoms with Gasteiger partial charge in [0, 0.05) is 6.54 Å². The van der Waals surface area contributed by atoms with Crippen molar-refractivity contribution in [2.24, 2.45) is 0 Å². The van der Waals surface area contributed by atoms with Crippen molar-refractivity contribution in [1.29, 1.82) is 0 Å². The average molecular weight is 239 g/mol. The first-order valence-electron chi connectivity index (χ1n) is 4.63. The van der Waals surface area contributed by atoms with Crippen LogP contribution in [0.25, 0.3) is 0 Å². The van der Waals surface area contributed by atoms with Gasteiger partial charge in [-0.1, -0.05) is 6.92 Å². The van der Waals surface area contributed by atoms with Gasteiger partial charge in [-0.15, -0.1) is 0 Å². The quantitative estimate of drug-likeness (QED) is 0.570. The third kappa shape index (κ3) is 7.29. The van der Waals surface area contributed by atoms with Gasteiger partial charge in [-0.2, -0.15) is 0 Å². The fraction of sp³-hybridized carbons (Fsp3) is 0.875. The van der Waals surface area contributed by atoms with E-state index in [-0.39, 0.29) is 6.54 Å². The maximum absolute atomic E-state index is 11.2. The lowest BCUT2D eigenvalue weighted by Gasteiger charge is -2.08. The molecule has 6 nitrogen and oxygen atoms in total. The maximum Gasteiger partial charge on any atom is 0.322 e. The van der Waals surface area contributed by atoms with Gasteiger partial charge in [-0.3, -0.25) is 4.79 Å².